The maximum absolute atomic E-state index is 11.2. The summed E-state index contributed by atoms with van der Waals surface area (Å²) in [5, 5.41) is 6.09. The van der Waals surface area contributed by atoms with Gasteiger partial charge in [0.05, 0.1) is 0 Å². The van der Waals surface area contributed by atoms with Crippen molar-refractivity contribution in [3.05, 3.63) is 24.4 Å². The van der Waals surface area contributed by atoms with Crippen molar-refractivity contribution in [2.75, 3.05) is 6.54 Å². The van der Waals surface area contributed by atoms with Crippen molar-refractivity contribution in [2.24, 2.45) is 0 Å². The first kappa shape index (κ1) is 9.44. The Balaban J connectivity index is 2.44. The molecule has 0 aliphatic rings. The first-order valence-corrected chi connectivity index (χ1v) is 3.93. The summed E-state index contributed by atoms with van der Waals surface area (Å²) < 4.78 is 4.65. The molecule has 0 aliphatic carbocycles. The highest BCUT2D eigenvalue weighted by Gasteiger charge is 2.10. The number of hydrogen-bond acceptors (Lipinski definition) is 4. The van der Waals surface area contributed by atoms with E-state index in [0.717, 1.165) is 6.42 Å². The van der Waals surface area contributed by atoms with Gasteiger partial charge in [0.1, 0.15) is 0 Å². The molecule has 13 heavy (non-hydrogen) atoms. The Labute approximate surface area is 75.8 Å². The Morgan fingerprint density at radius 3 is 3.08 bits per heavy atom. The lowest BCUT2D eigenvalue weighted by Crippen LogP contribution is -2.25. The second-order valence-corrected chi connectivity index (χ2v) is 2.47. The maximum atomic E-state index is 11.2. The average molecular weight is 181 g/mol. The second kappa shape index (κ2) is 4.39. The zero-order valence-electron chi connectivity index (χ0n) is 7.41. The van der Waals surface area contributed by atoms with Crippen molar-refractivity contribution >= 4 is 5.91 Å². The number of nitrogens with zero attached hydrogens (tertiary/aromatic N) is 2. The van der Waals surface area contributed by atoms with Crippen LogP contribution in [0, 0.1) is 6.92 Å². The van der Waals surface area contributed by atoms with Crippen LogP contribution in [0.2, 0.25) is 0 Å². The van der Waals surface area contributed by atoms with E-state index in [0.29, 0.717) is 12.4 Å². The van der Waals surface area contributed by atoms with Gasteiger partial charge in [0.15, 0.2) is 0 Å². The zero-order chi connectivity index (χ0) is 9.68. The number of carbonyl (C=O) groups is 1. The highest BCUT2D eigenvalue weighted by atomic mass is 16.5. The summed E-state index contributed by atoms with van der Waals surface area (Å²) in [6.07, 6.45) is 2.45. The first-order valence-electron chi connectivity index (χ1n) is 3.93. The third-order valence-electron chi connectivity index (χ3n) is 1.36. The number of hydrogen-bond donors (Lipinski definition) is 1. The molecule has 1 rings (SSSR count). The summed E-state index contributed by atoms with van der Waals surface area (Å²) in [6, 6.07) is 0. The van der Waals surface area contributed by atoms with Crippen molar-refractivity contribution in [2.45, 2.75) is 13.3 Å². The Hall–Kier alpha value is -1.65. The molecular formula is C8H11N3O2. The van der Waals surface area contributed by atoms with Crippen LogP contribution in [0.4, 0.5) is 0 Å². The normalized spacial score (nSPS) is 9.62. The molecule has 0 fully saturated rings. The van der Waals surface area contributed by atoms with Crippen LogP contribution in [0.25, 0.3) is 0 Å². The van der Waals surface area contributed by atoms with Crippen LogP contribution in [-0.4, -0.2) is 22.6 Å². The highest BCUT2D eigenvalue weighted by molar-refractivity contribution is 5.90. The first-order chi connectivity index (χ1) is 6.24. The van der Waals surface area contributed by atoms with E-state index < -0.39 is 0 Å². The van der Waals surface area contributed by atoms with E-state index in [1.165, 1.54) is 0 Å². The molecule has 1 aromatic rings. The Bertz CT molecular complexity index is 306. The van der Waals surface area contributed by atoms with E-state index >= 15 is 0 Å². The Morgan fingerprint density at radius 1 is 1.77 bits per heavy atom. The summed E-state index contributed by atoms with van der Waals surface area (Å²) in [5.74, 6) is 0.133. The molecule has 5 heteroatoms. The van der Waals surface area contributed by atoms with Gasteiger partial charge in [0.25, 0.3) is 11.7 Å². The molecule has 1 amide bonds. The van der Waals surface area contributed by atoms with E-state index in [9.17, 15) is 4.79 Å². The number of rotatable bonds is 4. The lowest BCUT2D eigenvalue weighted by atomic mass is 10.4. The van der Waals surface area contributed by atoms with Gasteiger partial charge >= 0.3 is 0 Å². The number of aryl methyl sites for hydroxylation is 1. The molecule has 0 aromatic carbocycles. The van der Waals surface area contributed by atoms with E-state index in [4.69, 9.17) is 0 Å². The van der Waals surface area contributed by atoms with Crippen molar-refractivity contribution in [1.29, 1.82) is 0 Å². The van der Waals surface area contributed by atoms with Gasteiger partial charge in [-0.15, -0.1) is 6.58 Å². The van der Waals surface area contributed by atoms with Gasteiger partial charge in [-0.05, 0) is 6.42 Å². The van der Waals surface area contributed by atoms with Crippen molar-refractivity contribution < 1.29 is 9.32 Å². The molecule has 1 heterocycles. The number of aromatic nitrogens is 2. The Morgan fingerprint density at radius 2 is 2.54 bits per heavy atom. The van der Waals surface area contributed by atoms with Crippen LogP contribution < -0.4 is 5.32 Å². The fourth-order valence-corrected chi connectivity index (χ4v) is 0.758. The molecule has 1 aromatic heterocycles. The topological polar surface area (TPSA) is 68.0 Å². The van der Waals surface area contributed by atoms with Crippen molar-refractivity contribution in [3.8, 4) is 0 Å². The van der Waals surface area contributed by atoms with Crippen LogP contribution in [-0.2, 0) is 0 Å². The van der Waals surface area contributed by atoms with Crippen LogP contribution >= 0.6 is 0 Å². The van der Waals surface area contributed by atoms with Crippen LogP contribution in [0.15, 0.2) is 17.2 Å². The molecule has 0 atom stereocenters. The average Bonchev–Trinajstić information content (AvgIpc) is 2.52. The summed E-state index contributed by atoms with van der Waals surface area (Å²) in [6.45, 7) is 5.70. The van der Waals surface area contributed by atoms with Gasteiger partial charge < -0.3 is 9.84 Å². The van der Waals surface area contributed by atoms with E-state index in [1.807, 2.05) is 0 Å². The number of nitrogens with one attached hydrogen (secondary N) is 1. The van der Waals surface area contributed by atoms with E-state index in [2.05, 4.69) is 26.6 Å². The van der Waals surface area contributed by atoms with Gasteiger partial charge in [0, 0.05) is 13.5 Å². The molecule has 0 unspecified atom stereocenters. The van der Waals surface area contributed by atoms with Gasteiger partial charge in [-0.1, -0.05) is 11.2 Å². The second-order valence-electron chi connectivity index (χ2n) is 2.47. The third kappa shape index (κ3) is 2.70. The van der Waals surface area contributed by atoms with Crippen LogP contribution in [0.1, 0.15) is 22.9 Å². The third-order valence-corrected chi connectivity index (χ3v) is 1.36. The fourth-order valence-electron chi connectivity index (χ4n) is 0.758. The largest absolute Gasteiger partial charge is 0.349 e. The predicted octanol–water partition coefficient (Wildman–Crippen LogP) is 0.684. The minimum Gasteiger partial charge on any atom is -0.349 e. The standard InChI is InChI=1S/C8H11N3O2/c1-3-4-5-9-8(12)7-10-6(2)13-11-7/h3H,1,4-5H2,2H3,(H,9,12). The van der Waals surface area contributed by atoms with Crippen LogP contribution in [0.3, 0.4) is 0 Å². The molecule has 0 aliphatic heterocycles. The molecule has 1 N–H and O–H groups in total. The molecule has 5 nitrogen and oxygen atoms in total. The van der Waals surface area contributed by atoms with Gasteiger partial charge in [-0.25, -0.2) is 0 Å². The zero-order valence-corrected chi connectivity index (χ0v) is 7.41. The summed E-state index contributed by atoms with van der Waals surface area (Å²) in [7, 11) is 0. The molecule has 0 bridgehead atoms. The van der Waals surface area contributed by atoms with E-state index in [1.54, 1.807) is 13.0 Å². The minimum absolute atomic E-state index is 0.0709. The maximum Gasteiger partial charge on any atom is 0.292 e. The lowest BCUT2D eigenvalue weighted by molar-refractivity contribution is 0.0941. The summed E-state index contributed by atoms with van der Waals surface area (Å²) >= 11 is 0. The quantitative estimate of drug-likeness (QED) is 0.548. The predicted molar refractivity (Wildman–Crippen MR) is 46.2 cm³/mol. The highest BCUT2D eigenvalue weighted by Crippen LogP contribution is 1.94. The smallest absolute Gasteiger partial charge is 0.292 e. The van der Waals surface area contributed by atoms with Gasteiger partial charge in [0.2, 0.25) is 5.89 Å². The van der Waals surface area contributed by atoms with Crippen molar-refractivity contribution in [1.82, 2.24) is 15.5 Å². The summed E-state index contributed by atoms with van der Waals surface area (Å²) in [4.78, 5) is 15.0. The fraction of sp³-hybridized carbons (Fsp3) is 0.375. The van der Waals surface area contributed by atoms with Gasteiger partial charge in [-0.3, -0.25) is 4.79 Å². The molecule has 0 saturated carbocycles. The van der Waals surface area contributed by atoms with Gasteiger partial charge in [-0.2, -0.15) is 4.98 Å². The number of carbonyl (C=O) groups excluding carboxylic acids is 1. The Kier molecular flexibility index (Phi) is 3.19. The van der Waals surface area contributed by atoms with Crippen molar-refractivity contribution in [3.63, 3.8) is 0 Å². The molecule has 70 valence electrons. The SMILES string of the molecule is C=CCCNC(=O)c1noc(C)n1. The molecule has 0 spiro atoms. The molecule has 0 radical (unpaired) electrons. The van der Waals surface area contributed by atoms with E-state index in [-0.39, 0.29) is 11.7 Å². The lowest BCUT2D eigenvalue weighted by Gasteiger charge is -1.97. The number of amides is 1. The monoisotopic (exact) mass is 181 g/mol. The summed E-state index contributed by atoms with van der Waals surface area (Å²) in [5.41, 5.74) is 0. The molecule has 0 saturated heterocycles. The minimum atomic E-state index is -0.321. The van der Waals surface area contributed by atoms with Crippen LogP contribution in [0.5, 0.6) is 0 Å². The molecular weight excluding hydrogens is 170 g/mol.